The van der Waals surface area contributed by atoms with Crippen LogP contribution in [0.3, 0.4) is 0 Å². The van der Waals surface area contributed by atoms with Crippen molar-refractivity contribution in [2.45, 2.75) is 32.2 Å². The first-order chi connectivity index (χ1) is 9.45. The monoisotopic (exact) mass is 262 g/mol. The second-order valence-corrected chi connectivity index (χ2v) is 4.55. The molecule has 0 atom stereocenters. The van der Waals surface area contributed by atoms with Crippen LogP contribution in [0.25, 0.3) is 0 Å². The SMILES string of the molecule is C(=C\CCC1OCCO1)/CCOCc1ccccc1. The van der Waals surface area contributed by atoms with Crippen LogP contribution >= 0.6 is 0 Å². The molecule has 0 spiro atoms. The van der Waals surface area contributed by atoms with Crippen LogP contribution < -0.4 is 0 Å². The number of allylic oxidation sites excluding steroid dienone is 1. The van der Waals surface area contributed by atoms with Crippen molar-refractivity contribution < 1.29 is 14.2 Å². The second kappa shape index (κ2) is 8.86. The summed E-state index contributed by atoms with van der Waals surface area (Å²) in [7, 11) is 0. The Balaban J connectivity index is 1.45. The van der Waals surface area contributed by atoms with E-state index in [0.29, 0.717) is 6.61 Å². The standard InChI is InChI=1S/C16H22O3/c1(6-10-16-18-12-13-19-16)2-7-11-17-14-15-8-4-3-5-9-15/h1-5,8-9,16H,6-7,10-14H2/b2-1+. The summed E-state index contributed by atoms with van der Waals surface area (Å²) >= 11 is 0. The minimum Gasteiger partial charge on any atom is -0.376 e. The molecule has 0 aromatic heterocycles. The molecule has 0 aliphatic carbocycles. The van der Waals surface area contributed by atoms with Gasteiger partial charge in [-0.05, 0) is 18.4 Å². The molecule has 0 amide bonds. The lowest BCUT2D eigenvalue weighted by Crippen LogP contribution is -2.05. The molecule has 19 heavy (non-hydrogen) atoms. The molecule has 2 rings (SSSR count). The zero-order valence-electron chi connectivity index (χ0n) is 11.3. The van der Waals surface area contributed by atoms with E-state index in [1.165, 1.54) is 5.56 Å². The van der Waals surface area contributed by atoms with Crippen molar-refractivity contribution in [3.8, 4) is 0 Å². The van der Waals surface area contributed by atoms with Gasteiger partial charge in [-0.15, -0.1) is 0 Å². The van der Waals surface area contributed by atoms with E-state index in [0.717, 1.165) is 39.1 Å². The first-order valence-corrected chi connectivity index (χ1v) is 6.95. The third-order valence-electron chi connectivity index (χ3n) is 2.97. The van der Waals surface area contributed by atoms with Gasteiger partial charge in [0.15, 0.2) is 6.29 Å². The van der Waals surface area contributed by atoms with Crippen LogP contribution in [0.4, 0.5) is 0 Å². The Kier molecular flexibility index (Phi) is 6.65. The first-order valence-electron chi connectivity index (χ1n) is 6.95. The maximum absolute atomic E-state index is 5.60. The summed E-state index contributed by atoms with van der Waals surface area (Å²) < 4.78 is 16.3. The molecule has 1 aromatic rings. The van der Waals surface area contributed by atoms with Crippen LogP contribution in [-0.2, 0) is 20.8 Å². The number of hydrogen-bond acceptors (Lipinski definition) is 3. The Labute approximate surface area is 115 Å². The average Bonchev–Trinajstić information content (AvgIpc) is 2.96. The van der Waals surface area contributed by atoms with E-state index in [2.05, 4.69) is 24.3 Å². The summed E-state index contributed by atoms with van der Waals surface area (Å²) in [5.41, 5.74) is 1.22. The molecular formula is C16H22O3. The third-order valence-corrected chi connectivity index (χ3v) is 2.97. The molecule has 0 radical (unpaired) electrons. The molecule has 1 heterocycles. The van der Waals surface area contributed by atoms with Crippen LogP contribution in [0.1, 0.15) is 24.8 Å². The van der Waals surface area contributed by atoms with Gasteiger partial charge >= 0.3 is 0 Å². The average molecular weight is 262 g/mol. The molecule has 3 heteroatoms. The molecule has 0 N–H and O–H groups in total. The van der Waals surface area contributed by atoms with E-state index < -0.39 is 0 Å². The van der Waals surface area contributed by atoms with Gasteiger partial charge in [0.05, 0.1) is 26.4 Å². The Morgan fingerprint density at radius 3 is 2.58 bits per heavy atom. The molecule has 0 saturated carbocycles. The Morgan fingerprint density at radius 1 is 1.05 bits per heavy atom. The number of ether oxygens (including phenoxy) is 3. The molecule has 104 valence electrons. The summed E-state index contributed by atoms with van der Waals surface area (Å²) in [6.45, 7) is 2.93. The van der Waals surface area contributed by atoms with Gasteiger partial charge in [0.2, 0.25) is 0 Å². The molecule has 0 unspecified atom stereocenters. The fourth-order valence-corrected chi connectivity index (χ4v) is 1.96. The quantitative estimate of drug-likeness (QED) is 0.531. The van der Waals surface area contributed by atoms with E-state index in [1.54, 1.807) is 0 Å². The van der Waals surface area contributed by atoms with Gasteiger partial charge in [-0.2, -0.15) is 0 Å². The summed E-state index contributed by atoms with van der Waals surface area (Å²) in [4.78, 5) is 0. The van der Waals surface area contributed by atoms with Crippen LogP contribution in [0, 0.1) is 0 Å². The highest BCUT2D eigenvalue weighted by Crippen LogP contribution is 2.10. The van der Waals surface area contributed by atoms with Crippen LogP contribution in [0.15, 0.2) is 42.5 Å². The second-order valence-electron chi connectivity index (χ2n) is 4.55. The van der Waals surface area contributed by atoms with Crippen LogP contribution in [0.2, 0.25) is 0 Å². The van der Waals surface area contributed by atoms with Crippen molar-refractivity contribution in [2.24, 2.45) is 0 Å². The van der Waals surface area contributed by atoms with Crippen molar-refractivity contribution in [3.05, 3.63) is 48.0 Å². The van der Waals surface area contributed by atoms with Crippen molar-refractivity contribution in [1.82, 2.24) is 0 Å². The summed E-state index contributed by atoms with van der Waals surface area (Å²) in [5, 5.41) is 0. The van der Waals surface area contributed by atoms with E-state index in [9.17, 15) is 0 Å². The Hall–Kier alpha value is -1.16. The fourth-order valence-electron chi connectivity index (χ4n) is 1.96. The number of benzene rings is 1. The van der Waals surface area contributed by atoms with Crippen molar-refractivity contribution in [1.29, 1.82) is 0 Å². The maximum Gasteiger partial charge on any atom is 0.158 e. The smallest absolute Gasteiger partial charge is 0.158 e. The molecule has 1 aromatic carbocycles. The van der Waals surface area contributed by atoms with E-state index in [-0.39, 0.29) is 6.29 Å². The van der Waals surface area contributed by atoms with Gasteiger partial charge in [-0.1, -0.05) is 42.5 Å². The Morgan fingerprint density at radius 2 is 1.79 bits per heavy atom. The summed E-state index contributed by atoms with van der Waals surface area (Å²) in [5.74, 6) is 0. The number of hydrogen-bond donors (Lipinski definition) is 0. The van der Waals surface area contributed by atoms with Gasteiger partial charge in [0.1, 0.15) is 0 Å². The van der Waals surface area contributed by atoms with Gasteiger partial charge in [-0.25, -0.2) is 0 Å². The minimum atomic E-state index is 0.0129. The molecule has 1 fully saturated rings. The van der Waals surface area contributed by atoms with Crippen LogP contribution in [0.5, 0.6) is 0 Å². The summed E-state index contributed by atoms with van der Waals surface area (Å²) in [6, 6.07) is 10.2. The predicted molar refractivity (Wildman–Crippen MR) is 74.8 cm³/mol. The minimum absolute atomic E-state index is 0.0129. The molecule has 1 aliphatic heterocycles. The third kappa shape index (κ3) is 6.01. The lowest BCUT2D eigenvalue weighted by molar-refractivity contribution is -0.0457. The molecule has 1 saturated heterocycles. The molecular weight excluding hydrogens is 240 g/mol. The van der Waals surface area contributed by atoms with Gasteiger partial charge in [-0.3, -0.25) is 0 Å². The molecule has 1 aliphatic rings. The van der Waals surface area contributed by atoms with Gasteiger partial charge in [0.25, 0.3) is 0 Å². The highest BCUT2D eigenvalue weighted by molar-refractivity contribution is 5.13. The lowest BCUT2D eigenvalue weighted by atomic mass is 10.2. The van der Waals surface area contributed by atoms with Crippen molar-refractivity contribution in [3.63, 3.8) is 0 Å². The van der Waals surface area contributed by atoms with Gasteiger partial charge < -0.3 is 14.2 Å². The van der Waals surface area contributed by atoms with E-state index in [1.807, 2.05) is 18.2 Å². The fraction of sp³-hybridized carbons (Fsp3) is 0.500. The van der Waals surface area contributed by atoms with Gasteiger partial charge in [0, 0.05) is 6.42 Å². The molecule has 3 nitrogen and oxygen atoms in total. The predicted octanol–water partition coefficient (Wildman–Crippen LogP) is 3.30. The zero-order valence-corrected chi connectivity index (χ0v) is 11.3. The molecule has 0 bridgehead atoms. The largest absolute Gasteiger partial charge is 0.376 e. The van der Waals surface area contributed by atoms with Crippen molar-refractivity contribution >= 4 is 0 Å². The highest BCUT2D eigenvalue weighted by Gasteiger charge is 2.13. The normalized spacial score (nSPS) is 16.4. The zero-order chi connectivity index (χ0) is 13.2. The topological polar surface area (TPSA) is 27.7 Å². The van der Waals surface area contributed by atoms with E-state index in [4.69, 9.17) is 14.2 Å². The number of rotatable bonds is 8. The first kappa shape index (κ1) is 14.3. The summed E-state index contributed by atoms with van der Waals surface area (Å²) in [6.07, 6.45) is 7.26. The van der Waals surface area contributed by atoms with Crippen LogP contribution in [-0.4, -0.2) is 26.1 Å². The van der Waals surface area contributed by atoms with E-state index >= 15 is 0 Å². The Bertz CT molecular complexity index is 356. The highest BCUT2D eigenvalue weighted by atomic mass is 16.7. The maximum atomic E-state index is 5.60. The lowest BCUT2D eigenvalue weighted by Gasteiger charge is -2.05. The van der Waals surface area contributed by atoms with Crippen molar-refractivity contribution in [2.75, 3.05) is 19.8 Å².